The second-order valence-corrected chi connectivity index (χ2v) is 9.58. The van der Waals surface area contributed by atoms with Crippen molar-refractivity contribution in [2.24, 2.45) is 5.92 Å². The lowest BCUT2D eigenvalue weighted by Gasteiger charge is -2.30. The van der Waals surface area contributed by atoms with E-state index in [1.165, 1.54) is 27.8 Å². The summed E-state index contributed by atoms with van der Waals surface area (Å²) in [4.78, 5) is 17.0. The Hall–Kier alpha value is -2.36. The molecule has 9 heteroatoms. The van der Waals surface area contributed by atoms with Crippen LogP contribution in [0.1, 0.15) is 12.8 Å². The number of piperidine rings is 1. The average Bonchev–Trinajstić information content (AvgIpc) is 3.10. The van der Waals surface area contributed by atoms with E-state index < -0.39 is 15.8 Å². The van der Waals surface area contributed by atoms with Gasteiger partial charge in [0, 0.05) is 19.0 Å². The molecule has 1 fully saturated rings. The Labute approximate surface area is 166 Å². The molecule has 28 heavy (non-hydrogen) atoms. The van der Waals surface area contributed by atoms with Crippen LogP contribution in [0.15, 0.2) is 53.4 Å². The molecular formula is C19H18FN3O3S2. The first kappa shape index (κ1) is 19.0. The molecule has 1 saturated heterocycles. The van der Waals surface area contributed by atoms with Gasteiger partial charge in [0.15, 0.2) is 5.13 Å². The van der Waals surface area contributed by atoms with Gasteiger partial charge in [0.25, 0.3) is 0 Å². The summed E-state index contributed by atoms with van der Waals surface area (Å²) < 4.78 is 40.7. The summed E-state index contributed by atoms with van der Waals surface area (Å²) in [5, 5.41) is 3.40. The Bertz CT molecular complexity index is 1070. The van der Waals surface area contributed by atoms with Gasteiger partial charge in [-0.05, 0) is 49.2 Å². The zero-order valence-corrected chi connectivity index (χ0v) is 16.5. The van der Waals surface area contributed by atoms with Crippen LogP contribution in [-0.4, -0.2) is 36.7 Å². The van der Waals surface area contributed by atoms with Crippen LogP contribution in [0.25, 0.3) is 10.2 Å². The lowest BCUT2D eigenvalue weighted by molar-refractivity contribution is -0.120. The maximum atomic E-state index is 13.0. The number of carbonyl (C=O) groups excluding carboxylic acids is 1. The number of thiazole rings is 1. The van der Waals surface area contributed by atoms with Crippen molar-refractivity contribution in [2.75, 3.05) is 18.4 Å². The SMILES string of the molecule is O=C(Nc1nc2ccccc2s1)C1CCN(S(=O)(=O)c2ccc(F)cc2)CC1. The Morgan fingerprint density at radius 3 is 2.46 bits per heavy atom. The highest BCUT2D eigenvalue weighted by Crippen LogP contribution is 2.28. The zero-order valence-electron chi connectivity index (χ0n) is 14.8. The number of anilines is 1. The van der Waals surface area contributed by atoms with E-state index in [0.717, 1.165) is 22.3 Å². The molecule has 0 unspecified atom stereocenters. The van der Waals surface area contributed by atoms with Gasteiger partial charge in [-0.3, -0.25) is 4.79 Å². The normalized spacial score (nSPS) is 16.3. The molecule has 2 heterocycles. The van der Waals surface area contributed by atoms with E-state index in [1.807, 2.05) is 24.3 Å². The molecule has 0 atom stereocenters. The predicted octanol–water partition coefficient (Wildman–Crippen LogP) is 3.47. The lowest BCUT2D eigenvalue weighted by Crippen LogP contribution is -2.41. The zero-order chi connectivity index (χ0) is 19.7. The predicted molar refractivity (Wildman–Crippen MR) is 106 cm³/mol. The molecule has 0 bridgehead atoms. The van der Waals surface area contributed by atoms with E-state index in [0.29, 0.717) is 18.0 Å². The third-order valence-corrected chi connectivity index (χ3v) is 7.66. The number of nitrogens with one attached hydrogen (secondary N) is 1. The fourth-order valence-corrected chi connectivity index (χ4v) is 5.59. The quantitative estimate of drug-likeness (QED) is 0.702. The third-order valence-electron chi connectivity index (χ3n) is 4.80. The molecule has 0 aliphatic carbocycles. The fraction of sp³-hybridized carbons (Fsp3) is 0.263. The van der Waals surface area contributed by atoms with Gasteiger partial charge in [0.05, 0.1) is 15.1 Å². The van der Waals surface area contributed by atoms with Crippen molar-refractivity contribution in [1.29, 1.82) is 0 Å². The first-order chi connectivity index (χ1) is 13.4. The van der Waals surface area contributed by atoms with Gasteiger partial charge in [-0.25, -0.2) is 17.8 Å². The highest BCUT2D eigenvalue weighted by atomic mass is 32.2. The number of rotatable bonds is 4. The Balaban J connectivity index is 1.39. The average molecular weight is 420 g/mol. The molecule has 1 aliphatic heterocycles. The lowest BCUT2D eigenvalue weighted by atomic mass is 9.97. The van der Waals surface area contributed by atoms with Gasteiger partial charge in [0.2, 0.25) is 15.9 Å². The maximum Gasteiger partial charge on any atom is 0.243 e. The molecule has 2 aromatic carbocycles. The number of amides is 1. The van der Waals surface area contributed by atoms with Gasteiger partial charge >= 0.3 is 0 Å². The van der Waals surface area contributed by atoms with E-state index in [2.05, 4.69) is 10.3 Å². The number of benzene rings is 2. The summed E-state index contributed by atoms with van der Waals surface area (Å²) in [7, 11) is -3.68. The van der Waals surface area contributed by atoms with Gasteiger partial charge in [-0.15, -0.1) is 0 Å². The molecule has 0 spiro atoms. The maximum absolute atomic E-state index is 13.0. The van der Waals surface area contributed by atoms with Gasteiger partial charge in [-0.2, -0.15) is 4.31 Å². The van der Waals surface area contributed by atoms with E-state index in [-0.39, 0.29) is 29.8 Å². The van der Waals surface area contributed by atoms with Crippen molar-refractivity contribution >= 4 is 42.6 Å². The molecule has 1 aliphatic rings. The van der Waals surface area contributed by atoms with Gasteiger partial charge in [-0.1, -0.05) is 23.5 Å². The van der Waals surface area contributed by atoms with Crippen molar-refractivity contribution in [3.05, 3.63) is 54.3 Å². The molecule has 3 aromatic rings. The Morgan fingerprint density at radius 1 is 1.11 bits per heavy atom. The molecule has 1 aromatic heterocycles. The number of carbonyl (C=O) groups is 1. The summed E-state index contributed by atoms with van der Waals surface area (Å²) in [6.45, 7) is 0.495. The monoisotopic (exact) mass is 419 g/mol. The van der Waals surface area contributed by atoms with E-state index in [4.69, 9.17) is 0 Å². The standard InChI is InChI=1S/C19H18FN3O3S2/c20-14-5-7-15(8-6-14)28(25,26)23-11-9-13(10-12-23)18(24)22-19-21-16-3-1-2-4-17(16)27-19/h1-8,13H,9-12H2,(H,21,22,24). The van der Waals surface area contributed by atoms with E-state index in [1.54, 1.807) is 0 Å². The van der Waals surface area contributed by atoms with Crippen LogP contribution in [0, 0.1) is 11.7 Å². The molecule has 0 radical (unpaired) electrons. The summed E-state index contributed by atoms with van der Waals surface area (Å²) in [5.74, 6) is -0.895. The first-order valence-corrected chi connectivity index (χ1v) is 11.1. The van der Waals surface area contributed by atoms with Crippen LogP contribution < -0.4 is 5.32 Å². The third kappa shape index (κ3) is 3.78. The van der Waals surface area contributed by atoms with Crippen LogP contribution in [0.3, 0.4) is 0 Å². The Morgan fingerprint density at radius 2 is 1.79 bits per heavy atom. The molecule has 1 N–H and O–H groups in total. The number of hydrogen-bond donors (Lipinski definition) is 1. The topological polar surface area (TPSA) is 79.4 Å². The van der Waals surface area contributed by atoms with Crippen molar-refractivity contribution in [2.45, 2.75) is 17.7 Å². The summed E-state index contributed by atoms with van der Waals surface area (Å²) in [6.07, 6.45) is 0.855. The van der Waals surface area contributed by atoms with Gasteiger partial charge in [0.1, 0.15) is 5.82 Å². The highest BCUT2D eigenvalue weighted by molar-refractivity contribution is 7.89. The number of halogens is 1. The number of nitrogens with zero attached hydrogens (tertiary/aromatic N) is 2. The molecule has 146 valence electrons. The van der Waals surface area contributed by atoms with E-state index >= 15 is 0 Å². The van der Waals surface area contributed by atoms with Crippen molar-refractivity contribution in [3.63, 3.8) is 0 Å². The summed E-state index contributed by atoms with van der Waals surface area (Å²) in [5.41, 5.74) is 0.836. The second-order valence-electron chi connectivity index (χ2n) is 6.61. The molecule has 0 saturated carbocycles. The summed E-state index contributed by atoms with van der Waals surface area (Å²) >= 11 is 1.41. The number of aromatic nitrogens is 1. The number of hydrogen-bond acceptors (Lipinski definition) is 5. The van der Waals surface area contributed by atoms with Crippen molar-refractivity contribution in [3.8, 4) is 0 Å². The van der Waals surface area contributed by atoms with Crippen LogP contribution in [0.4, 0.5) is 9.52 Å². The summed E-state index contributed by atoms with van der Waals surface area (Å²) in [6, 6.07) is 12.4. The van der Waals surface area contributed by atoms with Crippen molar-refractivity contribution in [1.82, 2.24) is 9.29 Å². The van der Waals surface area contributed by atoms with E-state index in [9.17, 15) is 17.6 Å². The fourth-order valence-electron chi connectivity index (χ4n) is 3.25. The van der Waals surface area contributed by atoms with Gasteiger partial charge < -0.3 is 5.32 Å². The van der Waals surface area contributed by atoms with Crippen LogP contribution in [0.2, 0.25) is 0 Å². The van der Waals surface area contributed by atoms with Crippen molar-refractivity contribution < 1.29 is 17.6 Å². The number of fused-ring (bicyclic) bond motifs is 1. The molecule has 4 rings (SSSR count). The van der Waals surface area contributed by atoms with Crippen LogP contribution in [0.5, 0.6) is 0 Å². The van der Waals surface area contributed by atoms with Crippen LogP contribution >= 0.6 is 11.3 Å². The minimum absolute atomic E-state index is 0.0614. The number of para-hydroxylation sites is 1. The smallest absolute Gasteiger partial charge is 0.243 e. The van der Waals surface area contributed by atoms with Crippen LogP contribution in [-0.2, 0) is 14.8 Å². The Kier molecular flexibility index (Phi) is 5.13. The highest BCUT2D eigenvalue weighted by Gasteiger charge is 2.32. The first-order valence-electron chi connectivity index (χ1n) is 8.85. The second kappa shape index (κ2) is 7.57. The molecule has 1 amide bonds. The minimum Gasteiger partial charge on any atom is -0.302 e. The largest absolute Gasteiger partial charge is 0.302 e. The number of sulfonamides is 1. The molecule has 6 nitrogen and oxygen atoms in total. The minimum atomic E-state index is -3.68. The molecular weight excluding hydrogens is 401 g/mol.